The lowest BCUT2D eigenvalue weighted by atomic mass is 10.2. The van der Waals surface area contributed by atoms with Crippen molar-refractivity contribution >= 4 is 28.4 Å². The molecule has 0 N–H and O–H groups in total. The van der Waals surface area contributed by atoms with E-state index in [1.165, 1.54) is 0 Å². The third-order valence-electron chi connectivity index (χ3n) is 1.23. The van der Waals surface area contributed by atoms with Crippen LogP contribution in [0.5, 0.6) is 0 Å². The van der Waals surface area contributed by atoms with Crippen LogP contribution in [-0.2, 0) is 0 Å². The van der Waals surface area contributed by atoms with Crippen molar-refractivity contribution < 1.29 is 4.79 Å². The van der Waals surface area contributed by atoms with Crippen LogP contribution in [0.25, 0.3) is 0 Å². The van der Waals surface area contributed by atoms with E-state index in [0.29, 0.717) is 0 Å². The van der Waals surface area contributed by atoms with E-state index in [0.717, 1.165) is 9.13 Å². The fourth-order valence-corrected chi connectivity index (χ4v) is 1.25. The molecule has 1 rings (SSSR count). The Morgan fingerprint density at radius 3 is 2.60 bits per heavy atom. The average molecular weight is 250 g/mol. The zero-order valence-corrected chi connectivity index (χ0v) is 7.75. The molecule has 0 aliphatic rings. The molecule has 1 nitrogen and oxygen atoms in total. The Hall–Kier alpha value is -0.380. The molecule has 2 heteroatoms. The molecule has 0 saturated heterocycles. The third kappa shape index (κ3) is 1.80. The second-order valence-electron chi connectivity index (χ2n) is 2.07. The second-order valence-corrected chi connectivity index (χ2v) is 3.31. The summed E-state index contributed by atoms with van der Waals surface area (Å²) in [5.74, 6) is 0.124. The summed E-state index contributed by atoms with van der Waals surface area (Å²) in [4.78, 5) is 10.8. The fourth-order valence-electron chi connectivity index (χ4n) is 0.707. The molecule has 0 radical (unpaired) electrons. The molecule has 0 spiro atoms. The van der Waals surface area contributed by atoms with Crippen LogP contribution in [0, 0.1) is 3.57 Å². The van der Waals surface area contributed by atoms with E-state index < -0.39 is 0 Å². The predicted molar refractivity (Wildman–Crippen MR) is 49.2 cm³/mol. The van der Waals surface area contributed by atoms with Gasteiger partial charge in [-0.15, -0.1) is 0 Å². The first-order chi connectivity index (χ1) is 4.70. The third-order valence-corrected chi connectivity index (χ3v) is 1.90. The van der Waals surface area contributed by atoms with E-state index in [9.17, 15) is 4.79 Å². The van der Waals surface area contributed by atoms with Gasteiger partial charge in [0.05, 0.1) is 0 Å². The quantitative estimate of drug-likeness (QED) is 0.552. The molecule has 0 aliphatic carbocycles. The lowest BCUT2D eigenvalue weighted by Crippen LogP contribution is -1.90. The first kappa shape index (κ1) is 7.72. The molecule has 0 amide bonds. The molecule has 0 unspecified atom stereocenters. The smallest absolute Gasteiger partial charge is 0.159 e. The van der Waals surface area contributed by atoms with E-state index in [4.69, 9.17) is 0 Å². The van der Waals surface area contributed by atoms with Crippen LogP contribution >= 0.6 is 22.6 Å². The first-order valence-electron chi connectivity index (χ1n) is 2.96. The Bertz CT molecular complexity index is 255. The molecule has 0 atom stereocenters. The average Bonchev–Trinajstić information content (AvgIpc) is 1.88. The van der Waals surface area contributed by atoms with Crippen molar-refractivity contribution in [3.05, 3.63) is 33.4 Å². The van der Waals surface area contributed by atoms with Crippen molar-refractivity contribution in [1.29, 1.82) is 0 Å². The summed E-state index contributed by atoms with van der Waals surface area (Å²) >= 11 is 2.19. The highest BCUT2D eigenvalue weighted by molar-refractivity contribution is 14.1. The van der Waals surface area contributed by atoms with Crippen LogP contribution in [0.2, 0.25) is 0 Å². The minimum Gasteiger partial charge on any atom is -0.295 e. The zero-order chi connectivity index (χ0) is 7.56. The van der Waals surface area contributed by atoms with E-state index >= 15 is 0 Å². The van der Waals surface area contributed by atoms with Gasteiger partial charge in [0.15, 0.2) is 5.78 Å². The number of halogens is 1. The van der Waals surface area contributed by atoms with Crippen molar-refractivity contribution in [3.8, 4) is 0 Å². The van der Waals surface area contributed by atoms with Crippen molar-refractivity contribution in [2.24, 2.45) is 0 Å². The summed E-state index contributed by atoms with van der Waals surface area (Å²) in [7, 11) is 0. The van der Waals surface area contributed by atoms with Gasteiger partial charge in [-0.2, -0.15) is 0 Å². The van der Waals surface area contributed by atoms with Crippen molar-refractivity contribution in [1.82, 2.24) is 0 Å². The van der Waals surface area contributed by atoms with Gasteiger partial charge >= 0.3 is 0 Å². The Balaban J connectivity index is 3.07. The molecular weight excluding hydrogens is 243 g/mol. The molecular formula is C8H7IO. The van der Waals surface area contributed by atoms with Crippen LogP contribution in [0.4, 0.5) is 0 Å². The van der Waals surface area contributed by atoms with E-state index in [1.807, 2.05) is 24.3 Å². The standard InChI is InChI=1S/C8H7IO/c1-6(10)7-3-2-4-8(9)5-7/h2-5H,1H3/i9+4. The maximum atomic E-state index is 10.8. The first-order valence-corrected chi connectivity index (χ1v) is 4.04. The molecule has 0 saturated carbocycles. The van der Waals surface area contributed by atoms with E-state index in [-0.39, 0.29) is 5.78 Å². The molecule has 0 bridgehead atoms. The number of carbonyl (C=O) groups is 1. The Kier molecular flexibility index (Phi) is 2.43. The summed E-state index contributed by atoms with van der Waals surface area (Å²) in [6.45, 7) is 1.57. The maximum absolute atomic E-state index is 10.8. The molecule has 0 aromatic heterocycles. The largest absolute Gasteiger partial charge is 0.295 e. The van der Waals surface area contributed by atoms with Gasteiger partial charge in [-0.05, 0) is 41.6 Å². The topological polar surface area (TPSA) is 17.1 Å². The van der Waals surface area contributed by atoms with Crippen molar-refractivity contribution in [2.75, 3.05) is 0 Å². The Labute approximate surface area is 73.6 Å². The Morgan fingerprint density at radius 2 is 2.20 bits per heavy atom. The van der Waals surface area contributed by atoms with Crippen molar-refractivity contribution in [3.63, 3.8) is 0 Å². The van der Waals surface area contributed by atoms with Gasteiger partial charge in [0.2, 0.25) is 0 Å². The summed E-state index contributed by atoms with van der Waals surface area (Å²) in [5, 5.41) is 0. The van der Waals surface area contributed by atoms with Crippen LogP contribution in [0.3, 0.4) is 0 Å². The zero-order valence-electron chi connectivity index (χ0n) is 5.60. The molecule has 1 aromatic carbocycles. The summed E-state index contributed by atoms with van der Waals surface area (Å²) in [6.07, 6.45) is 0. The van der Waals surface area contributed by atoms with Crippen molar-refractivity contribution in [2.45, 2.75) is 6.92 Å². The van der Waals surface area contributed by atoms with Gasteiger partial charge in [0, 0.05) is 9.13 Å². The summed E-state index contributed by atoms with van der Waals surface area (Å²) in [5.41, 5.74) is 0.784. The highest BCUT2D eigenvalue weighted by Crippen LogP contribution is 2.07. The van der Waals surface area contributed by atoms with E-state index in [1.54, 1.807) is 6.92 Å². The number of hydrogen-bond acceptors (Lipinski definition) is 1. The van der Waals surface area contributed by atoms with Crippen LogP contribution in [0.15, 0.2) is 24.3 Å². The number of hydrogen-bond donors (Lipinski definition) is 0. The number of ketones is 1. The molecule has 0 fully saturated rings. The minimum absolute atomic E-state index is 0.124. The number of Topliss-reactive ketones (excluding diaryl/α,β-unsaturated/α-hetero) is 1. The number of benzene rings is 1. The SMILES string of the molecule is CC(=O)c1cccc([131I])c1. The summed E-state index contributed by atoms with van der Waals surface area (Å²) < 4.78 is 1.10. The van der Waals surface area contributed by atoms with Crippen LogP contribution in [-0.4, -0.2) is 5.78 Å². The molecule has 0 aliphatic heterocycles. The van der Waals surface area contributed by atoms with Gasteiger partial charge in [-0.1, -0.05) is 12.1 Å². The normalized spacial score (nSPS) is 9.40. The maximum Gasteiger partial charge on any atom is 0.159 e. The van der Waals surface area contributed by atoms with Gasteiger partial charge in [-0.3, -0.25) is 4.79 Å². The van der Waals surface area contributed by atoms with Gasteiger partial charge in [0.25, 0.3) is 0 Å². The molecule has 52 valence electrons. The fraction of sp³-hybridized carbons (Fsp3) is 0.125. The lowest BCUT2D eigenvalue weighted by molar-refractivity contribution is 0.101. The Morgan fingerprint density at radius 1 is 1.50 bits per heavy atom. The monoisotopic (exact) mass is 250 g/mol. The van der Waals surface area contributed by atoms with Gasteiger partial charge < -0.3 is 0 Å². The minimum atomic E-state index is 0.124. The highest BCUT2D eigenvalue weighted by atomic mass is 131. The van der Waals surface area contributed by atoms with Gasteiger partial charge in [0.1, 0.15) is 0 Å². The van der Waals surface area contributed by atoms with Crippen LogP contribution in [0.1, 0.15) is 17.3 Å². The molecule has 1 aromatic rings. The lowest BCUT2D eigenvalue weighted by Gasteiger charge is -1.93. The predicted octanol–water partition coefficient (Wildman–Crippen LogP) is 2.49. The van der Waals surface area contributed by atoms with E-state index in [2.05, 4.69) is 22.6 Å². The number of rotatable bonds is 1. The molecule has 10 heavy (non-hydrogen) atoms. The number of carbonyl (C=O) groups excluding carboxylic acids is 1. The summed E-state index contributed by atoms with van der Waals surface area (Å²) in [6, 6.07) is 7.55. The highest BCUT2D eigenvalue weighted by Gasteiger charge is 1.96. The molecule has 0 heterocycles. The second kappa shape index (κ2) is 3.14. The van der Waals surface area contributed by atoms with Gasteiger partial charge in [-0.25, -0.2) is 0 Å². The van der Waals surface area contributed by atoms with Crippen LogP contribution < -0.4 is 0 Å².